The summed E-state index contributed by atoms with van der Waals surface area (Å²) in [5, 5.41) is 3.06. The highest BCUT2D eigenvalue weighted by atomic mass is 32.2. The number of nitrogens with one attached hydrogen (secondary N) is 1. The average Bonchev–Trinajstić information content (AvgIpc) is 3.39. The first-order chi connectivity index (χ1) is 15.5. The number of rotatable bonds is 7. The van der Waals surface area contributed by atoms with Gasteiger partial charge in [-0.25, -0.2) is 8.42 Å². The molecule has 4 rings (SSSR count). The highest BCUT2D eigenvalue weighted by Crippen LogP contribution is 2.26. The van der Waals surface area contributed by atoms with Crippen LogP contribution in [0.1, 0.15) is 40.4 Å². The number of hydrogen-bond donors (Lipinski definition) is 1. The quantitative estimate of drug-likeness (QED) is 0.590. The zero-order valence-corrected chi connectivity index (χ0v) is 18.7. The number of benzene rings is 3. The van der Waals surface area contributed by atoms with Gasteiger partial charge in [-0.15, -0.1) is 0 Å². The molecule has 0 saturated carbocycles. The second-order valence-corrected chi connectivity index (χ2v) is 9.67. The van der Waals surface area contributed by atoms with Gasteiger partial charge in [0.25, 0.3) is 5.91 Å². The zero-order chi connectivity index (χ0) is 22.6. The summed E-state index contributed by atoms with van der Waals surface area (Å²) in [6, 6.07) is 23.0. The van der Waals surface area contributed by atoms with Crippen molar-refractivity contribution in [2.24, 2.45) is 0 Å². The van der Waals surface area contributed by atoms with Gasteiger partial charge in [0.1, 0.15) is 5.75 Å². The van der Waals surface area contributed by atoms with Crippen LogP contribution >= 0.6 is 0 Å². The van der Waals surface area contributed by atoms with Crippen molar-refractivity contribution in [3.05, 3.63) is 95.6 Å². The van der Waals surface area contributed by atoms with Crippen LogP contribution in [0.25, 0.3) is 0 Å². The van der Waals surface area contributed by atoms with E-state index in [9.17, 15) is 13.2 Å². The van der Waals surface area contributed by atoms with Gasteiger partial charge in [0, 0.05) is 18.7 Å². The summed E-state index contributed by atoms with van der Waals surface area (Å²) in [7, 11) is -1.99. The molecule has 1 amide bonds. The van der Waals surface area contributed by atoms with Gasteiger partial charge < -0.3 is 10.1 Å². The number of ether oxygens (including phenoxy) is 1. The fourth-order valence-corrected chi connectivity index (χ4v) is 5.45. The van der Waals surface area contributed by atoms with Crippen molar-refractivity contribution < 1.29 is 17.9 Å². The number of amides is 1. The maximum atomic E-state index is 13.2. The Morgan fingerprint density at radius 3 is 2.22 bits per heavy atom. The number of methoxy groups -OCH3 is 1. The van der Waals surface area contributed by atoms with Crippen LogP contribution in [0.3, 0.4) is 0 Å². The normalized spacial score (nSPS) is 15.3. The molecule has 0 bridgehead atoms. The van der Waals surface area contributed by atoms with E-state index in [0.29, 0.717) is 18.7 Å². The van der Waals surface area contributed by atoms with E-state index in [-0.39, 0.29) is 10.8 Å². The first kappa shape index (κ1) is 22.0. The lowest BCUT2D eigenvalue weighted by molar-refractivity contribution is 0.0942. The molecule has 6 nitrogen and oxygen atoms in total. The number of carbonyl (C=O) groups excluding carboxylic acids is 1. The molecule has 1 atom stereocenters. The van der Waals surface area contributed by atoms with E-state index >= 15 is 0 Å². The molecule has 1 heterocycles. The Labute approximate surface area is 188 Å². The van der Waals surface area contributed by atoms with E-state index in [2.05, 4.69) is 5.32 Å². The molecule has 1 saturated heterocycles. The molecular weight excluding hydrogens is 424 g/mol. The maximum Gasteiger partial charge on any atom is 0.252 e. The van der Waals surface area contributed by atoms with Crippen LogP contribution in [0, 0.1) is 0 Å². The van der Waals surface area contributed by atoms with Gasteiger partial charge in [-0.2, -0.15) is 4.31 Å². The smallest absolute Gasteiger partial charge is 0.252 e. The Morgan fingerprint density at radius 2 is 1.56 bits per heavy atom. The summed E-state index contributed by atoms with van der Waals surface area (Å²) in [5.74, 6) is 0.389. The summed E-state index contributed by atoms with van der Waals surface area (Å²) >= 11 is 0. The second-order valence-electron chi connectivity index (χ2n) is 7.73. The van der Waals surface area contributed by atoms with E-state index in [1.165, 1.54) is 10.4 Å². The lowest BCUT2D eigenvalue weighted by Gasteiger charge is -2.21. The Balaban J connectivity index is 1.62. The predicted molar refractivity (Wildman–Crippen MR) is 123 cm³/mol. The van der Waals surface area contributed by atoms with Gasteiger partial charge in [-0.3, -0.25) is 4.79 Å². The summed E-state index contributed by atoms with van der Waals surface area (Å²) in [6.07, 6.45) is 1.72. The molecule has 0 aromatic heterocycles. The molecule has 7 heteroatoms. The Morgan fingerprint density at radius 1 is 0.906 bits per heavy atom. The molecule has 1 fully saturated rings. The third kappa shape index (κ3) is 4.69. The fraction of sp³-hybridized carbons (Fsp3) is 0.240. The molecule has 32 heavy (non-hydrogen) atoms. The SMILES string of the molecule is COc1ccc([C@H](NC(=O)c2cccc(S(=O)(=O)N3CCCC3)c2)c2ccccc2)cc1. The third-order valence-corrected chi connectivity index (χ3v) is 7.55. The molecule has 3 aromatic rings. The van der Waals surface area contributed by atoms with Crippen LogP contribution in [-0.4, -0.2) is 38.8 Å². The van der Waals surface area contributed by atoms with Crippen LogP contribution in [0.15, 0.2) is 83.8 Å². The predicted octanol–water partition coefficient (Wildman–Crippen LogP) is 4.00. The first-order valence-corrected chi connectivity index (χ1v) is 12.0. The Bertz CT molecular complexity index is 1170. The molecule has 3 aromatic carbocycles. The van der Waals surface area contributed by atoms with Crippen molar-refractivity contribution in [1.82, 2.24) is 9.62 Å². The van der Waals surface area contributed by atoms with Gasteiger partial charge in [-0.05, 0) is 54.3 Å². The summed E-state index contributed by atoms with van der Waals surface area (Å²) in [4.78, 5) is 13.3. The molecule has 1 aliphatic heterocycles. The van der Waals surface area contributed by atoms with Crippen LogP contribution in [0.4, 0.5) is 0 Å². The van der Waals surface area contributed by atoms with Crippen molar-refractivity contribution >= 4 is 15.9 Å². The van der Waals surface area contributed by atoms with Crippen molar-refractivity contribution in [2.75, 3.05) is 20.2 Å². The lowest BCUT2D eigenvalue weighted by atomic mass is 9.98. The van der Waals surface area contributed by atoms with E-state index in [1.807, 2.05) is 54.6 Å². The van der Waals surface area contributed by atoms with E-state index < -0.39 is 16.1 Å². The maximum absolute atomic E-state index is 13.2. The Kier molecular flexibility index (Phi) is 6.58. The van der Waals surface area contributed by atoms with Crippen LogP contribution < -0.4 is 10.1 Å². The number of sulfonamides is 1. The van der Waals surface area contributed by atoms with E-state index in [1.54, 1.807) is 25.3 Å². The highest BCUT2D eigenvalue weighted by Gasteiger charge is 2.28. The van der Waals surface area contributed by atoms with E-state index in [0.717, 1.165) is 29.7 Å². The standard InChI is InChI=1S/C25H26N2O4S/c1-31-22-14-12-20(13-15-22)24(19-8-3-2-4-9-19)26-25(28)21-10-7-11-23(18-21)32(29,30)27-16-5-6-17-27/h2-4,7-15,18,24H,5-6,16-17H2,1H3,(H,26,28)/t24-/m1/s1. The molecule has 0 spiro atoms. The lowest BCUT2D eigenvalue weighted by Crippen LogP contribution is -2.30. The topological polar surface area (TPSA) is 75.7 Å². The van der Waals surface area contributed by atoms with Crippen LogP contribution in [0.5, 0.6) is 5.75 Å². The van der Waals surface area contributed by atoms with Gasteiger partial charge in [0.2, 0.25) is 10.0 Å². The number of hydrogen-bond acceptors (Lipinski definition) is 4. The summed E-state index contributed by atoms with van der Waals surface area (Å²) in [5.41, 5.74) is 2.12. The second kappa shape index (κ2) is 9.54. The van der Waals surface area contributed by atoms with Crippen LogP contribution in [0.2, 0.25) is 0 Å². The molecular formula is C25H26N2O4S. The molecule has 166 valence electrons. The Hall–Kier alpha value is -3.16. The highest BCUT2D eigenvalue weighted by molar-refractivity contribution is 7.89. The monoisotopic (exact) mass is 450 g/mol. The van der Waals surface area contributed by atoms with Gasteiger partial charge in [0.05, 0.1) is 18.0 Å². The largest absolute Gasteiger partial charge is 0.497 e. The molecule has 1 aliphatic rings. The molecule has 1 N–H and O–H groups in total. The van der Waals surface area contributed by atoms with Crippen LogP contribution in [-0.2, 0) is 10.0 Å². The summed E-state index contributed by atoms with van der Waals surface area (Å²) < 4.78 is 32.6. The molecule has 0 radical (unpaired) electrons. The third-order valence-electron chi connectivity index (χ3n) is 5.66. The number of nitrogens with zero attached hydrogens (tertiary/aromatic N) is 1. The first-order valence-electron chi connectivity index (χ1n) is 10.6. The molecule has 0 unspecified atom stereocenters. The minimum absolute atomic E-state index is 0.146. The fourth-order valence-electron chi connectivity index (χ4n) is 3.89. The van der Waals surface area contributed by atoms with Gasteiger partial charge >= 0.3 is 0 Å². The minimum Gasteiger partial charge on any atom is -0.497 e. The van der Waals surface area contributed by atoms with Crippen molar-refractivity contribution in [3.63, 3.8) is 0 Å². The molecule has 0 aliphatic carbocycles. The van der Waals surface area contributed by atoms with E-state index in [4.69, 9.17) is 4.74 Å². The summed E-state index contributed by atoms with van der Waals surface area (Å²) in [6.45, 7) is 1.04. The van der Waals surface area contributed by atoms with Gasteiger partial charge in [-0.1, -0.05) is 48.5 Å². The van der Waals surface area contributed by atoms with Crippen molar-refractivity contribution in [3.8, 4) is 5.75 Å². The van der Waals surface area contributed by atoms with Crippen molar-refractivity contribution in [1.29, 1.82) is 0 Å². The van der Waals surface area contributed by atoms with Crippen molar-refractivity contribution in [2.45, 2.75) is 23.8 Å². The number of carbonyl (C=O) groups is 1. The van der Waals surface area contributed by atoms with Gasteiger partial charge in [0.15, 0.2) is 0 Å². The zero-order valence-electron chi connectivity index (χ0n) is 17.9. The average molecular weight is 451 g/mol. The minimum atomic E-state index is -3.60.